The van der Waals surface area contributed by atoms with Crippen LogP contribution in [-0.2, 0) is 0 Å². The number of rotatable bonds is 2. The Kier molecular flexibility index (Phi) is 2.70. The maximum absolute atomic E-state index is 11.4. The van der Waals surface area contributed by atoms with Crippen LogP contribution in [0.5, 0.6) is 0 Å². The number of benzene rings is 2. The molecule has 1 amide bonds. The lowest BCUT2D eigenvalue weighted by Gasteiger charge is -2.10. The van der Waals surface area contributed by atoms with E-state index in [0.29, 0.717) is 22.5 Å². The number of anilines is 2. The molecule has 0 spiro atoms. The van der Waals surface area contributed by atoms with Gasteiger partial charge >= 0.3 is 0 Å². The fourth-order valence-corrected chi connectivity index (χ4v) is 1.79. The zero-order valence-corrected chi connectivity index (χ0v) is 9.18. The van der Waals surface area contributed by atoms with Crippen LogP contribution in [0.4, 0.5) is 11.4 Å². The van der Waals surface area contributed by atoms with Crippen LogP contribution in [0.25, 0.3) is 11.1 Å². The molecule has 0 aliphatic heterocycles. The second-order valence-corrected chi connectivity index (χ2v) is 3.76. The van der Waals surface area contributed by atoms with Gasteiger partial charge in [0.15, 0.2) is 0 Å². The smallest absolute Gasteiger partial charge is 0.251 e. The van der Waals surface area contributed by atoms with Crippen molar-refractivity contribution in [3.05, 3.63) is 48.0 Å². The predicted octanol–water partition coefficient (Wildman–Crippen LogP) is 1.62. The van der Waals surface area contributed by atoms with Gasteiger partial charge in [0, 0.05) is 11.4 Å². The molecule has 0 aromatic heterocycles. The van der Waals surface area contributed by atoms with Crippen LogP contribution in [0.15, 0.2) is 42.5 Å². The van der Waals surface area contributed by atoms with Crippen LogP contribution in [0.1, 0.15) is 10.4 Å². The standard InChI is InChI=1S/C13H13N3O/c14-9-4-1-3-8(7-9)10-5-2-6-11(15)12(10)13(16)17/h1-7H,14-15H2,(H2,16,17). The van der Waals surface area contributed by atoms with E-state index in [4.69, 9.17) is 17.2 Å². The summed E-state index contributed by atoms with van der Waals surface area (Å²) in [6.07, 6.45) is 0. The molecule has 0 atom stereocenters. The van der Waals surface area contributed by atoms with Gasteiger partial charge in [0.25, 0.3) is 5.91 Å². The number of carbonyl (C=O) groups excluding carboxylic acids is 1. The fourth-order valence-electron chi connectivity index (χ4n) is 1.79. The van der Waals surface area contributed by atoms with E-state index in [1.54, 1.807) is 30.3 Å². The van der Waals surface area contributed by atoms with E-state index in [-0.39, 0.29) is 0 Å². The van der Waals surface area contributed by atoms with Gasteiger partial charge in [-0.2, -0.15) is 0 Å². The van der Waals surface area contributed by atoms with Crippen molar-refractivity contribution in [2.45, 2.75) is 0 Å². The van der Waals surface area contributed by atoms with Crippen molar-refractivity contribution in [2.75, 3.05) is 11.5 Å². The van der Waals surface area contributed by atoms with E-state index >= 15 is 0 Å². The Balaban J connectivity index is 2.67. The van der Waals surface area contributed by atoms with Crippen LogP contribution >= 0.6 is 0 Å². The van der Waals surface area contributed by atoms with Gasteiger partial charge in [-0.3, -0.25) is 4.79 Å². The molecule has 6 N–H and O–H groups in total. The first-order valence-electron chi connectivity index (χ1n) is 5.14. The quantitative estimate of drug-likeness (QED) is 0.680. The first kappa shape index (κ1) is 11.0. The van der Waals surface area contributed by atoms with Gasteiger partial charge in [-0.25, -0.2) is 0 Å². The minimum atomic E-state index is -0.541. The molecule has 0 unspecified atom stereocenters. The molecular weight excluding hydrogens is 214 g/mol. The highest BCUT2D eigenvalue weighted by Crippen LogP contribution is 2.28. The highest BCUT2D eigenvalue weighted by atomic mass is 16.1. The maximum Gasteiger partial charge on any atom is 0.251 e. The number of amides is 1. The molecule has 0 bridgehead atoms. The van der Waals surface area contributed by atoms with Crippen molar-refractivity contribution >= 4 is 17.3 Å². The summed E-state index contributed by atoms with van der Waals surface area (Å²) >= 11 is 0. The van der Waals surface area contributed by atoms with Crippen LogP contribution < -0.4 is 17.2 Å². The van der Waals surface area contributed by atoms with E-state index in [9.17, 15) is 4.79 Å². The minimum absolute atomic E-state index is 0.332. The van der Waals surface area contributed by atoms with Crippen molar-refractivity contribution in [3.63, 3.8) is 0 Å². The zero-order chi connectivity index (χ0) is 12.4. The Morgan fingerprint density at radius 1 is 1.00 bits per heavy atom. The number of carbonyl (C=O) groups is 1. The number of hydrogen-bond donors (Lipinski definition) is 3. The van der Waals surface area contributed by atoms with E-state index in [1.165, 1.54) is 0 Å². The predicted molar refractivity (Wildman–Crippen MR) is 69.2 cm³/mol. The third kappa shape index (κ3) is 2.06. The molecule has 2 aromatic rings. The number of primary amides is 1. The van der Waals surface area contributed by atoms with Crippen molar-refractivity contribution in [1.82, 2.24) is 0 Å². The van der Waals surface area contributed by atoms with Crippen LogP contribution in [0.2, 0.25) is 0 Å². The summed E-state index contributed by atoms with van der Waals surface area (Å²) in [5.74, 6) is -0.541. The summed E-state index contributed by atoms with van der Waals surface area (Å²) in [4.78, 5) is 11.4. The first-order chi connectivity index (χ1) is 8.09. The van der Waals surface area contributed by atoms with Crippen LogP contribution in [-0.4, -0.2) is 5.91 Å². The van der Waals surface area contributed by atoms with Gasteiger partial charge < -0.3 is 17.2 Å². The summed E-state index contributed by atoms with van der Waals surface area (Å²) in [5.41, 5.74) is 19.7. The first-order valence-corrected chi connectivity index (χ1v) is 5.14. The maximum atomic E-state index is 11.4. The third-order valence-electron chi connectivity index (χ3n) is 2.54. The number of nitrogen functional groups attached to an aromatic ring is 2. The molecule has 17 heavy (non-hydrogen) atoms. The van der Waals surface area contributed by atoms with E-state index in [1.807, 2.05) is 12.1 Å². The number of hydrogen-bond acceptors (Lipinski definition) is 3. The Hall–Kier alpha value is -2.49. The lowest BCUT2D eigenvalue weighted by Crippen LogP contribution is -2.14. The van der Waals surface area contributed by atoms with E-state index in [0.717, 1.165) is 5.56 Å². The molecule has 0 saturated heterocycles. The molecule has 2 rings (SSSR count). The van der Waals surface area contributed by atoms with Gasteiger partial charge in [-0.05, 0) is 29.3 Å². The molecule has 4 heteroatoms. The highest BCUT2D eigenvalue weighted by molar-refractivity contribution is 6.04. The van der Waals surface area contributed by atoms with Crippen molar-refractivity contribution in [2.24, 2.45) is 5.73 Å². The zero-order valence-electron chi connectivity index (χ0n) is 9.18. The van der Waals surface area contributed by atoms with Crippen molar-refractivity contribution in [1.29, 1.82) is 0 Å². The van der Waals surface area contributed by atoms with E-state index in [2.05, 4.69) is 0 Å². The highest BCUT2D eigenvalue weighted by Gasteiger charge is 2.13. The molecule has 0 aliphatic carbocycles. The lowest BCUT2D eigenvalue weighted by atomic mass is 9.97. The van der Waals surface area contributed by atoms with Gasteiger partial charge in [0.2, 0.25) is 0 Å². The lowest BCUT2D eigenvalue weighted by molar-refractivity contribution is 0.100. The third-order valence-corrected chi connectivity index (χ3v) is 2.54. The normalized spacial score (nSPS) is 10.1. The Morgan fingerprint density at radius 3 is 2.35 bits per heavy atom. The summed E-state index contributed by atoms with van der Waals surface area (Å²) in [7, 11) is 0. The second-order valence-electron chi connectivity index (χ2n) is 3.76. The van der Waals surface area contributed by atoms with Gasteiger partial charge in [-0.1, -0.05) is 24.3 Å². The largest absolute Gasteiger partial charge is 0.399 e. The van der Waals surface area contributed by atoms with Crippen molar-refractivity contribution in [3.8, 4) is 11.1 Å². The monoisotopic (exact) mass is 227 g/mol. The Labute approximate surface area is 99.0 Å². The van der Waals surface area contributed by atoms with Crippen molar-refractivity contribution < 1.29 is 4.79 Å². The molecule has 0 radical (unpaired) electrons. The Bertz CT molecular complexity index is 579. The van der Waals surface area contributed by atoms with Gasteiger partial charge in [0.05, 0.1) is 5.56 Å². The molecule has 0 saturated carbocycles. The molecular formula is C13H13N3O. The van der Waals surface area contributed by atoms with Gasteiger partial charge in [-0.15, -0.1) is 0 Å². The second kappa shape index (κ2) is 4.17. The molecule has 0 heterocycles. The van der Waals surface area contributed by atoms with Crippen LogP contribution in [0, 0.1) is 0 Å². The molecule has 0 fully saturated rings. The fraction of sp³-hybridized carbons (Fsp3) is 0. The average Bonchev–Trinajstić information content (AvgIpc) is 2.28. The Morgan fingerprint density at radius 2 is 1.71 bits per heavy atom. The molecule has 4 nitrogen and oxygen atoms in total. The molecule has 2 aromatic carbocycles. The average molecular weight is 227 g/mol. The molecule has 0 aliphatic rings. The summed E-state index contributed by atoms with van der Waals surface area (Å²) in [5, 5.41) is 0. The van der Waals surface area contributed by atoms with E-state index < -0.39 is 5.91 Å². The number of nitrogens with two attached hydrogens (primary N) is 3. The summed E-state index contributed by atoms with van der Waals surface area (Å²) in [6, 6.07) is 12.5. The summed E-state index contributed by atoms with van der Waals surface area (Å²) < 4.78 is 0. The van der Waals surface area contributed by atoms with Crippen LogP contribution in [0.3, 0.4) is 0 Å². The molecule has 86 valence electrons. The van der Waals surface area contributed by atoms with Gasteiger partial charge in [0.1, 0.15) is 0 Å². The topological polar surface area (TPSA) is 95.1 Å². The minimum Gasteiger partial charge on any atom is -0.399 e. The SMILES string of the molecule is NC(=O)c1c(N)cccc1-c1cccc(N)c1. The summed E-state index contributed by atoms with van der Waals surface area (Å²) in [6.45, 7) is 0.